The molecule has 0 unspecified atom stereocenters. The maximum absolute atomic E-state index is 12.4. The standard InChI is InChI=1S/C18H23NO6/c1-4-11-5-7-12(8-6-11)19-10-18(25-16(19)21)15(20)14-13(9-22-18)23-17(2,3)24-14/h5-8,13-15,20H,4,9-10H2,1-3H3/t13-,14-,15+,18+/m1/s1. The molecule has 1 N–H and O–H groups in total. The van der Waals surface area contributed by atoms with Crippen molar-refractivity contribution in [3.63, 3.8) is 0 Å². The molecule has 1 spiro atoms. The van der Waals surface area contributed by atoms with Crippen LogP contribution in [0.25, 0.3) is 0 Å². The lowest BCUT2D eigenvalue weighted by atomic mass is 9.96. The van der Waals surface area contributed by atoms with E-state index in [-0.39, 0.29) is 19.3 Å². The molecule has 7 heteroatoms. The third-order valence-corrected chi connectivity index (χ3v) is 4.99. The molecule has 1 aromatic carbocycles. The van der Waals surface area contributed by atoms with Crippen molar-refractivity contribution in [2.75, 3.05) is 18.1 Å². The van der Waals surface area contributed by atoms with Crippen LogP contribution in [-0.2, 0) is 25.4 Å². The minimum absolute atomic E-state index is 0.103. The number of aliphatic hydroxyl groups is 1. The van der Waals surface area contributed by atoms with Crippen LogP contribution in [0.15, 0.2) is 24.3 Å². The molecule has 1 aromatic rings. The molecule has 0 saturated carbocycles. The van der Waals surface area contributed by atoms with E-state index in [0.717, 1.165) is 6.42 Å². The van der Waals surface area contributed by atoms with Crippen LogP contribution < -0.4 is 4.90 Å². The average Bonchev–Trinajstić information content (AvgIpc) is 3.09. The molecule has 7 nitrogen and oxygen atoms in total. The first-order chi connectivity index (χ1) is 11.8. The highest BCUT2D eigenvalue weighted by atomic mass is 16.8. The van der Waals surface area contributed by atoms with Gasteiger partial charge in [-0.3, -0.25) is 4.90 Å². The van der Waals surface area contributed by atoms with E-state index >= 15 is 0 Å². The van der Waals surface area contributed by atoms with E-state index < -0.39 is 29.9 Å². The smallest absolute Gasteiger partial charge is 0.411 e. The second-order valence-corrected chi connectivity index (χ2v) is 7.18. The SMILES string of the molecule is CCc1ccc(N2C[C@]3(OC[C@H]4OC(C)(C)O[C@H]4[C@@H]3O)OC2=O)cc1. The summed E-state index contributed by atoms with van der Waals surface area (Å²) in [4.78, 5) is 13.9. The molecule has 3 fully saturated rings. The Hall–Kier alpha value is -1.67. The number of nitrogens with zero attached hydrogens (tertiary/aromatic N) is 1. The van der Waals surface area contributed by atoms with Gasteiger partial charge < -0.3 is 24.1 Å². The number of rotatable bonds is 2. The maximum atomic E-state index is 12.4. The van der Waals surface area contributed by atoms with E-state index in [4.69, 9.17) is 18.9 Å². The number of aliphatic hydroxyl groups excluding tert-OH is 1. The van der Waals surface area contributed by atoms with Crippen molar-refractivity contribution in [1.82, 2.24) is 0 Å². The number of benzene rings is 1. The largest absolute Gasteiger partial charge is 0.417 e. The summed E-state index contributed by atoms with van der Waals surface area (Å²) >= 11 is 0. The highest BCUT2D eigenvalue weighted by Gasteiger charge is 2.62. The summed E-state index contributed by atoms with van der Waals surface area (Å²) in [7, 11) is 0. The van der Waals surface area contributed by atoms with Crippen molar-refractivity contribution < 1.29 is 28.8 Å². The second kappa shape index (κ2) is 5.67. The number of amides is 1. The monoisotopic (exact) mass is 349 g/mol. The quantitative estimate of drug-likeness (QED) is 0.877. The summed E-state index contributed by atoms with van der Waals surface area (Å²) in [5.74, 6) is -2.24. The number of hydrogen-bond acceptors (Lipinski definition) is 6. The minimum atomic E-state index is -1.44. The molecule has 4 rings (SSSR count). The number of fused-ring (bicyclic) bond motifs is 1. The molecule has 3 aliphatic heterocycles. The van der Waals surface area contributed by atoms with Gasteiger partial charge in [-0.25, -0.2) is 4.79 Å². The Balaban J connectivity index is 1.56. The summed E-state index contributed by atoms with van der Waals surface area (Å²) in [5, 5.41) is 10.8. The maximum Gasteiger partial charge on any atom is 0.417 e. The first-order valence-electron chi connectivity index (χ1n) is 8.61. The molecule has 3 heterocycles. The van der Waals surface area contributed by atoms with Crippen molar-refractivity contribution in [3.05, 3.63) is 29.8 Å². The van der Waals surface area contributed by atoms with Crippen LogP contribution in [0.2, 0.25) is 0 Å². The van der Waals surface area contributed by atoms with Crippen molar-refractivity contribution in [1.29, 1.82) is 0 Å². The summed E-state index contributed by atoms with van der Waals surface area (Å²) < 4.78 is 22.8. The number of carbonyl (C=O) groups excluding carboxylic acids is 1. The lowest BCUT2D eigenvalue weighted by molar-refractivity contribution is -0.285. The Morgan fingerprint density at radius 1 is 1.24 bits per heavy atom. The van der Waals surface area contributed by atoms with E-state index in [1.807, 2.05) is 24.3 Å². The molecule has 0 bridgehead atoms. The van der Waals surface area contributed by atoms with Crippen LogP contribution in [0.4, 0.5) is 10.5 Å². The fourth-order valence-corrected chi connectivity index (χ4v) is 3.68. The average molecular weight is 349 g/mol. The van der Waals surface area contributed by atoms with Crippen LogP contribution in [0, 0.1) is 0 Å². The van der Waals surface area contributed by atoms with Gasteiger partial charge in [-0.2, -0.15) is 0 Å². The van der Waals surface area contributed by atoms with E-state index in [0.29, 0.717) is 5.69 Å². The Bertz CT molecular complexity index is 675. The molecular weight excluding hydrogens is 326 g/mol. The number of ether oxygens (including phenoxy) is 4. The molecule has 25 heavy (non-hydrogen) atoms. The van der Waals surface area contributed by atoms with Gasteiger partial charge in [0.05, 0.1) is 13.2 Å². The minimum Gasteiger partial charge on any atom is -0.411 e. The zero-order valence-electron chi connectivity index (χ0n) is 14.6. The van der Waals surface area contributed by atoms with E-state index in [9.17, 15) is 9.90 Å². The zero-order chi connectivity index (χ0) is 17.8. The van der Waals surface area contributed by atoms with Gasteiger partial charge in [-0.1, -0.05) is 19.1 Å². The normalized spacial score (nSPS) is 36.6. The number of hydrogen-bond donors (Lipinski definition) is 1. The molecule has 3 saturated heterocycles. The van der Waals surface area contributed by atoms with Crippen molar-refractivity contribution in [2.45, 2.75) is 57.1 Å². The van der Waals surface area contributed by atoms with Crippen molar-refractivity contribution >= 4 is 11.8 Å². The van der Waals surface area contributed by atoms with Crippen LogP contribution in [0.3, 0.4) is 0 Å². The van der Waals surface area contributed by atoms with Crippen LogP contribution in [0.1, 0.15) is 26.3 Å². The van der Waals surface area contributed by atoms with Crippen molar-refractivity contribution in [2.24, 2.45) is 0 Å². The first-order valence-corrected chi connectivity index (χ1v) is 8.61. The van der Waals surface area contributed by atoms with Gasteiger partial charge in [0.25, 0.3) is 5.79 Å². The summed E-state index contributed by atoms with van der Waals surface area (Å²) in [6.07, 6.45) is -1.73. The Labute approximate surface area is 146 Å². The summed E-state index contributed by atoms with van der Waals surface area (Å²) in [5.41, 5.74) is 1.89. The highest BCUT2D eigenvalue weighted by molar-refractivity contribution is 5.90. The topological polar surface area (TPSA) is 77.5 Å². The predicted octanol–water partition coefficient (Wildman–Crippen LogP) is 1.81. The zero-order valence-corrected chi connectivity index (χ0v) is 14.6. The highest BCUT2D eigenvalue weighted by Crippen LogP contribution is 2.42. The van der Waals surface area contributed by atoms with E-state index in [1.54, 1.807) is 13.8 Å². The predicted molar refractivity (Wildman–Crippen MR) is 88.2 cm³/mol. The third kappa shape index (κ3) is 2.71. The third-order valence-electron chi connectivity index (χ3n) is 4.99. The lowest BCUT2D eigenvalue weighted by Crippen LogP contribution is -2.61. The Morgan fingerprint density at radius 3 is 2.64 bits per heavy atom. The lowest BCUT2D eigenvalue weighted by Gasteiger charge is -2.40. The number of carbonyl (C=O) groups is 1. The Kier molecular flexibility index (Phi) is 3.81. The molecule has 3 aliphatic rings. The summed E-state index contributed by atoms with van der Waals surface area (Å²) in [6, 6.07) is 7.68. The van der Waals surface area contributed by atoms with Gasteiger partial charge in [-0.15, -0.1) is 0 Å². The van der Waals surface area contributed by atoms with E-state index in [2.05, 4.69) is 6.92 Å². The molecular formula is C18H23NO6. The van der Waals surface area contributed by atoms with Gasteiger partial charge >= 0.3 is 6.09 Å². The van der Waals surface area contributed by atoms with Gasteiger partial charge in [0.2, 0.25) is 0 Å². The number of aryl methyl sites for hydroxylation is 1. The van der Waals surface area contributed by atoms with E-state index in [1.165, 1.54) is 10.5 Å². The molecule has 0 aliphatic carbocycles. The van der Waals surface area contributed by atoms with Gasteiger partial charge in [-0.05, 0) is 38.0 Å². The number of anilines is 1. The van der Waals surface area contributed by atoms with Gasteiger partial charge in [0, 0.05) is 5.69 Å². The second-order valence-electron chi connectivity index (χ2n) is 7.18. The molecule has 136 valence electrons. The molecule has 0 radical (unpaired) electrons. The van der Waals surface area contributed by atoms with Crippen LogP contribution in [0.5, 0.6) is 0 Å². The van der Waals surface area contributed by atoms with Gasteiger partial charge in [0.15, 0.2) is 11.9 Å². The first kappa shape index (κ1) is 16.8. The molecule has 1 amide bonds. The fraction of sp³-hybridized carbons (Fsp3) is 0.611. The Morgan fingerprint density at radius 2 is 1.96 bits per heavy atom. The molecule has 0 aromatic heterocycles. The molecule has 4 atom stereocenters. The van der Waals surface area contributed by atoms with Gasteiger partial charge in [0.1, 0.15) is 12.2 Å². The van der Waals surface area contributed by atoms with Crippen LogP contribution >= 0.6 is 0 Å². The van der Waals surface area contributed by atoms with Crippen LogP contribution in [-0.4, -0.2) is 54.2 Å². The summed E-state index contributed by atoms with van der Waals surface area (Å²) in [6.45, 7) is 5.94. The van der Waals surface area contributed by atoms with Crippen molar-refractivity contribution in [3.8, 4) is 0 Å². The fourth-order valence-electron chi connectivity index (χ4n) is 3.68.